The summed E-state index contributed by atoms with van der Waals surface area (Å²) in [5.74, 6) is 0.196. The van der Waals surface area contributed by atoms with Crippen LogP contribution in [0.1, 0.15) is 45.8 Å². The summed E-state index contributed by atoms with van der Waals surface area (Å²) >= 11 is 6.23. The molecule has 1 aromatic heterocycles. The second-order valence-electron chi connectivity index (χ2n) is 7.21. The predicted octanol–water partition coefficient (Wildman–Crippen LogP) is 5.22. The third kappa shape index (κ3) is 5.65. The van der Waals surface area contributed by atoms with Gasteiger partial charge in [-0.25, -0.2) is 0 Å². The van der Waals surface area contributed by atoms with Crippen molar-refractivity contribution in [3.63, 3.8) is 0 Å². The highest BCUT2D eigenvalue weighted by molar-refractivity contribution is 6.30. The molecule has 6 nitrogen and oxygen atoms in total. The Morgan fingerprint density at radius 1 is 1.09 bits per heavy atom. The number of benzene rings is 2. The van der Waals surface area contributed by atoms with Crippen LogP contribution in [0.4, 0.5) is 5.69 Å². The van der Waals surface area contributed by atoms with Gasteiger partial charge < -0.3 is 15.0 Å². The van der Waals surface area contributed by atoms with Gasteiger partial charge in [0.15, 0.2) is 0 Å². The van der Waals surface area contributed by atoms with Crippen LogP contribution < -0.4 is 10.1 Å². The molecular formula is C25H26ClN3O3. The zero-order chi connectivity index (χ0) is 23.1. The molecule has 1 heterocycles. The van der Waals surface area contributed by atoms with Gasteiger partial charge in [0.1, 0.15) is 11.4 Å². The third-order valence-electron chi connectivity index (χ3n) is 5.10. The highest BCUT2D eigenvalue weighted by Gasteiger charge is 2.19. The van der Waals surface area contributed by atoms with Crippen molar-refractivity contribution in [2.75, 3.05) is 19.0 Å². The molecule has 0 saturated carbocycles. The molecule has 0 unspecified atom stereocenters. The first kappa shape index (κ1) is 23.3. The van der Waals surface area contributed by atoms with Crippen molar-refractivity contribution < 1.29 is 14.3 Å². The smallest absolute Gasteiger partial charge is 0.274 e. The van der Waals surface area contributed by atoms with Gasteiger partial charge in [-0.1, -0.05) is 24.6 Å². The van der Waals surface area contributed by atoms with E-state index in [0.29, 0.717) is 34.3 Å². The molecule has 3 aromatic rings. The summed E-state index contributed by atoms with van der Waals surface area (Å²) in [6.45, 7) is 4.71. The molecule has 0 fully saturated rings. The average Bonchev–Trinajstić information content (AvgIpc) is 2.83. The molecular weight excluding hydrogens is 426 g/mol. The molecule has 0 bridgehead atoms. The summed E-state index contributed by atoms with van der Waals surface area (Å²) in [5, 5.41) is 3.40. The molecule has 1 N–H and O–H groups in total. The molecule has 0 aliphatic rings. The Labute approximate surface area is 193 Å². The molecule has 166 valence electrons. The number of aryl methyl sites for hydroxylation is 1. The van der Waals surface area contributed by atoms with Crippen LogP contribution in [0, 0.1) is 0 Å². The number of anilines is 1. The van der Waals surface area contributed by atoms with Gasteiger partial charge in [-0.05, 0) is 73.0 Å². The number of carbonyl (C=O) groups excluding carboxylic acids is 2. The van der Waals surface area contributed by atoms with Gasteiger partial charge in [-0.3, -0.25) is 14.6 Å². The molecule has 2 amide bonds. The van der Waals surface area contributed by atoms with E-state index in [1.54, 1.807) is 60.7 Å². The maximum absolute atomic E-state index is 13.3. The first-order valence-corrected chi connectivity index (χ1v) is 10.8. The molecule has 2 aromatic carbocycles. The van der Waals surface area contributed by atoms with E-state index in [-0.39, 0.29) is 18.4 Å². The van der Waals surface area contributed by atoms with Crippen molar-refractivity contribution in [1.82, 2.24) is 9.88 Å². The number of nitrogens with zero attached hydrogens (tertiary/aromatic N) is 2. The Balaban J connectivity index is 1.87. The SMILES string of the molecule is CCc1cc(OC)cc(C(=O)N(CC)Cc2cc(Cl)ccc2NC(=O)c2ccccn2)c1. The van der Waals surface area contributed by atoms with E-state index in [1.165, 1.54) is 0 Å². The van der Waals surface area contributed by atoms with E-state index in [1.807, 2.05) is 26.0 Å². The van der Waals surface area contributed by atoms with Crippen molar-refractivity contribution in [3.05, 3.63) is 88.2 Å². The van der Waals surface area contributed by atoms with Crippen LogP contribution in [-0.2, 0) is 13.0 Å². The molecule has 0 saturated heterocycles. The maximum Gasteiger partial charge on any atom is 0.274 e. The summed E-state index contributed by atoms with van der Waals surface area (Å²) in [6, 6.07) is 15.9. The molecule has 0 aliphatic carbocycles. The van der Waals surface area contributed by atoms with Crippen LogP contribution in [-0.4, -0.2) is 35.4 Å². The normalized spacial score (nSPS) is 10.5. The highest BCUT2D eigenvalue weighted by atomic mass is 35.5. The first-order valence-electron chi connectivity index (χ1n) is 10.4. The number of halogens is 1. The van der Waals surface area contributed by atoms with Crippen molar-refractivity contribution in [1.29, 1.82) is 0 Å². The van der Waals surface area contributed by atoms with Crippen LogP contribution in [0.2, 0.25) is 5.02 Å². The van der Waals surface area contributed by atoms with Crippen LogP contribution >= 0.6 is 11.6 Å². The largest absolute Gasteiger partial charge is 0.497 e. The average molecular weight is 452 g/mol. The molecule has 3 rings (SSSR count). The number of nitrogens with one attached hydrogen (secondary N) is 1. The Bertz CT molecular complexity index is 1080. The first-order chi connectivity index (χ1) is 15.4. The van der Waals surface area contributed by atoms with Crippen LogP contribution in [0.15, 0.2) is 60.8 Å². The summed E-state index contributed by atoms with van der Waals surface area (Å²) in [5.41, 5.74) is 3.20. The van der Waals surface area contributed by atoms with Gasteiger partial charge in [-0.15, -0.1) is 0 Å². The van der Waals surface area contributed by atoms with Crippen molar-refractivity contribution in [2.24, 2.45) is 0 Å². The molecule has 7 heteroatoms. The fourth-order valence-electron chi connectivity index (χ4n) is 3.32. The van der Waals surface area contributed by atoms with Gasteiger partial charge in [0.05, 0.1) is 7.11 Å². The molecule has 0 atom stereocenters. The van der Waals surface area contributed by atoms with Crippen molar-refractivity contribution >= 4 is 29.1 Å². The molecule has 0 spiro atoms. The minimum Gasteiger partial charge on any atom is -0.497 e. The fraction of sp³-hybridized carbons (Fsp3) is 0.240. The van der Waals surface area contributed by atoms with E-state index >= 15 is 0 Å². The summed E-state index contributed by atoms with van der Waals surface area (Å²) in [7, 11) is 1.59. The zero-order valence-corrected chi connectivity index (χ0v) is 19.1. The highest BCUT2D eigenvalue weighted by Crippen LogP contribution is 2.25. The second kappa shape index (κ2) is 10.8. The van der Waals surface area contributed by atoms with Crippen LogP contribution in [0.25, 0.3) is 0 Å². The lowest BCUT2D eigenvalue weighted by molar-refractivity contribution is 0.0752. The maximum atomic E-state index is 13.3. The number of carbonyl (C=O) groups is 2. The van der Waals surface area contributed by atoms with E-state index < -0.39 is 0 Å². The van der Waals surface area contributed by atoms with Gasteiger partial charge in [0.25, 0.3) is 11.8 Å². The third-order valence-corrected chi connectivity index (χ3v) is 5.34. The number of rotatable bonds is 8. The van der Waals surface area contributed by atoms with E-state index in [2.05, 4.69) is 10.3 Å². The number of aromatic nitrogens is 1. The van der Waals surface area contributed by atoms with Gasteiger partial charge >= 0.3 is 0 Å². The fourth-order valence-corrected chi connectivity index (χ4v) is 3.51. The zero-order valence-electron chi connectivity index (χ0n) is 18.4. The summed E-state index contributed by atoms with van der Waals surface area (Å²) in [4.78, 5) is 31.7. The Morgan fingerprint density at radius 2 is 1.91 bits per heavy atom. The standard InChI is InChI=1S/C25H26ClN3O3/c1-4-17-12-18(15-21(13-17)32-3)25(31)29(5-2)16-19-14-20(26)9-10-22(19)28-24(30)23-8-6-7-11-27-23/h6-15H,4-5,16H2,1-3H3,(H,28,30). The van der Waals surface area contributed by atoms with Gasteiger partial charge in [0, 0.05) is 35.6 Å². The van der Waals surface area contributed by atoms with Crippen LogP contribution in [0.5, 0.6) is 5.75 Å². The number of pyridine rings is 1. The van der Waals surface area contributed by atoms with Crippen molar-refractivity contribution in [2.45, 2.75) is 26.8 Å². The molecule has 32 heavy (non-hydrogen) atoms. The Hall–Kier alpha value is -3.38. The summed E-state index contributed by atoms with van der Waals surface area (Å²) in [6.07, 6.45) is 2.36. The van der Waals surface area contributed by atoms with Gasteiger partial charge in [-0.2, -0.15) is 0 Å². The lowest BCUT2D eigenvalue weighted by Gasteiger charge is -2.23. The molecule has 0 radical (unpaired) electrons. The van der Waals surface area contributed by atoms with Crippen LogP contribution in [0.3, 0.4) is 0 Å². The lowest BCUT2D eigenvalue weighted by atomic mass is 10.1. The Kier molecular flexibility index (Phi) is 7.84. The molecule has 0 aliphatic heterocycles. The number of amides is 2. The van der Waals surface area contributed by atoms with E-state index in [9.17, 15) is 9.59 Å². The Morgan fingerprint density at radius 3 is 2.56 bits per heavy atom. The minimum atomic E-state index is -0.330. The quantitative estimate of drug-likeness (QED) is 0.509. The van der Waals surface area contributed by atoms with E-state index in [0.717, 1.165) is 17.5 Å². The topological polar surface area (TPSA) is 71.5 Å². The van der Waals surface area contributed by atoms with Gasteiger partial charge in [0.2, 0.25) is 0 Å². The second-order valence-corrected chi connectivity index (χ2v) is 7.65. The number of methoxy groups -OCH3 is 1. The van der Waals surface area contributed by atoms with E-state index in [4.69, 9.17) is 16.3 Å². The lowest BCUT2D eigenvalue weighted by Crippen LogP contribution is -2.31. The number of hydrogen-bond acceptors (Lipinski definition) is 4. The minimum absolute atomic E-state index is 0.122. The predicted molar refractivity (Wildman–Crippen MR) is 126 cm³/mol. The monoisotopic (exact) mass is 451 g/mol. The number of ether oxygens (including phenoxy) is 1. The number of hydrogen-bond donors (Lipinski definition) is 1. The van der Waals surface area contributed by atoms with Crippen molar-refractivity contribution in [3.8, 4) is 5.75 Å². The summed E-state index contributed by atoms with van der Waals surface area (Å²) < 4.78 is 5.36.